The van der Waals surface area contributed by atoms with E-state index in [0.29, 0.717) is 30.1 Å². The van der Waals surface area contributed by atoms with Crippen LogP contribution in [0, 0.1) is 34.5 Å². The van der Waals surface area contributed by atoms with Crippen molar-refractivity contribution >= 4 is 5.78 Å². The summed E-state index contributed by atoms with van der Waals surface area (Å²) >= 11 is 0. The molecule has 0 bridgehead atoms. The SMILES string of the molecule is C[C@]12C[C@H](O)[C@H]3[C@@H](CCC4=CC(=O)CC[C@@]43C)[C@@H]1CC[C@@H]2CCO. The Morgan fingerprint density at radius 2 is 2.00 bits per heavy atom. The van der Waals surface area contributed by atoms with Crippen molar-refractivity contribution in [3.63, 3.8) is 0 Å². The van der Waals surface area contributed by atoms with E-state index in [1.807, 2.05) is 6.08 Å². The van der Waals surface area contributed by atoms with Gasteiger partial charge in [-0.05, 0) is 85.5 Å². The molecular weight excluding hydrogens is 300 g/mol. The van der Waals surface area contributed by atoms with Crippen molar-refractivity contribution < 1.29 is 15.0 Å². The topological polar surface area (TPSA) is 57.5 Å². The number of ketones is 1. The van der Waals surface area contributed by atoms with Crippen LogP contribution in [0.1, 0.15) is 65.2 Å². The average Bonchev–Trinajstić information content (AvgIpc) is 2.84. The second-order valence-electron chi connectivity index (χ2n) is 9.45. The largest absolute Gasteiger partial charge is 0.396 e. The normalized spacial score (nSPS) is 50.8. The van der Waals surface area contributed by atoms with Gasteiger partial charge < -0.3 is 10.2 Å². The number of carbonyl (C=O) groups is 1. The molecule has 3 fully saturated rings. The van der Waals surface area contributed by atoms with E-state index in [0.717, 1.165) is 32.1 Å². The second kappa shape index (κ2) is 5.67. The maximum atomic E-state index is 11.9. The van der Waals surface area contributed by atoms with Crippen LogP contribution >= 0.6 is 0 Å². The summed E-state index contributed by atoms with van der Waals surface area (Å²) in [4.78, 5) is 11.9. The molecule has 0 aliphatic heterocycles. The van der Waals surface area contributed by atoms with Gasteiger partial charge in [-0.15, -0.1) is 0 Å². The van der Waals surface area contributed by atoms with Gasteiger partial charge in [0.1, 0.15) is 0 Å². The maximum absolute atomic E-state index is 11.9. The van der Waals surface area contributed by atoms with Gasteiger partial charge in [0, 0.05) is 13.0 Å². The lowest BCUT2D eigenvalue weighted by molar-refractivity contribution is -0.134. The fourth-order valence-corrected chi connectivity index (χ4v) is 7.42. The fourth-order valence-electron chi connectivity index (χ4n) is 7.42. The first-order valence-corrected chi connectivity index (χ1v) is 9.93. The molecule has 0 radical (unpaired) electrons. The highest BCUT2D eigenvalue weighted by atomic mass is 16.3. The van der Waals surface area contributed by atoms with Crippen LogP contribution in [0.15, 0.2) is 11.6 Å². The zero-order valence-corrected chi connectivity index (χ0v) is 15.1. The van der Waals surface area contributed by atoms with Crippen molar-refractivity contribution in [2.24, 2.45) is 34.5 Å². The van der Waals surface area contributed by atoms with Crippen LogP contribution in [0.5, 0.6) is 0 Å². The number of aliphatic hydroxyl groups is 2. The maximum Gasteiger partial charge on any atom is 0.155 e. The van der Waals surface area contributed by atoms with Crippen LogP contribution in [0.3, 0.4) is 0 Å². The minimum absolute atomic E-state index is 0.0205. The van der Waals surface area contributed by atoms with Gasteiger partial charge in [-0.2, -0.15) is 0 Å². The van der Waals surface area contributed by atoms with E-state index in [-0.39, 0.29) is 29.3 Å². The molecule has 134 valence electrons. The molecule has 3 saturated carbocycles. The van der Waals surface area contributed by atoms with Gasteiger partial charge in [-0.1, -0.05) is 19.4 Å². The van der Waals surface area contributed by atoms with Crippen LogP contribution in [-0.2, 0) is 4.79 Å². The second-order valence-corrected chi connectivity index (χ2v) is 9.45. The Morgan fingerprint density at radius 1 is 1.21 bits per heavy atom. The zero-order chi connectivity index (χ0) is 17.1. The predicted molar refractivity (Wildman–Crippen MR) is 93.3 cm³/mol. The molecule has 4 aliphatic carbocycles. The van der Waals surface area contributed by atoms with Crippen molar-refractivity contribution in [1.29, 1.82) is 0 Å². The molecule has 0 saturated heterocycles. The molecular formula is C21H32O3. The molecule has 0 aromatic rings. The summed E-state index contributed by atoms with van der Waals surface area (Å²) < 4.78 is 0. The molecule has 7 atom stereocenters. The van der Waals surface area contributed by atoms with Gasteiger partial charge in [0.2, 0.25) is 0 Å². The van der Waals surface area contributed by atoms with E-state index in [4.69, 9.17) is 0 Å². The molecule has 0 unspecified atom stereocenters. The molecule has 4 aliphatic rings. The Labute approximate surface area is 145 Å². The van der Waals surface area contributed by atoms with Crippen molar-refractivity contribution in [1.82, 2.24) is 0 Å². The molecule has 0 amide bonds. The number of rotatable bonds is 2. The van der Waals surface area contributed by atoms with Gasteiger partial charge in [-0.25, -0.2) is 0 Å². The summed E-state index contributed by atoms with van der Waals surface area (Å²) in [5, 5.41) is 20.6. The van der Waals surface area contributed by atoms with Crippen molar-refractivity contribution in [2.45, 2.75) is 71.3 Å². The highest BCUT2D eigenvalue weighted by molar-refractivity contribution is 5.91. The number of allylic oxidation sites excluding steroid dienone is 1. The first kappa shape index (κ1) is 16.8. The van der Waals surface area contributed by atoms with Gasteiger partial charge in [0.05, 0.1) is 6.10 Å². The van der Waals surface area contributed by atoms with E-state index >= 15 is 0 Å². The molecule has 3 heteroatoms. The molecule has 2 N–H and O–H groups in total. The lowest BCUT2D eigenvalue weighted by Crippen LogP contribution is -2.56. The number of hydrogen-bond acceptors (Lipinski definition) is 3. The van der Waals surface area contributed by atoms with Crippen LogP contribution < -0.4 is 0 Å². The Hall–Kier alpha value is -0.670. The van der Waals surface area contributed by atoms with Gasteiger partial charge >= 0.3 is 0 Å². The summed E-state index contributed by atoms with van der Waals surface area (Å²) in [6, 6.07) is 0. The quantitative estimate of drug-likeness (QED) is 0.814. The first-order valence-electron chi connectivity index (χ1n) is 9.93. The molecule has 0 spiro atoms. The molecule has 0 heterocycles. The Balaban J connectivity index is 1.68. The Morgan fingerprint density at radius 3 is 2.75 bits per heavy atom. The van der Waals surface area contributed by atoms with Gasteiger partial charge in [0.15, 0.2) is 5.78 Å². The van der Waals surface area contributed by atoms with E-state index in [9.17, 15) is 15.0 Å². The Kier molecular flexibility index (Phi) is 3.96. The van der Waals surface area contributed by atoms with Crippen LogP contribution in [0.4, 0.5) is 0 Å². The minimum Gasteiger partial charge on any atom is -0.396 e. The monoisotopic (exact) mass is 332 g/mol. The zero-order valence-electron chi connectivity index (χ0n) is 15.1. The third kappa shape index (κ3) is 2.20. The van der Waals surface area contributed by atoms with Crippen LogP contribution in [0.25, 0.3) is 0 Å². The highest BCUT2D eigenvalue weighted by Crippen LogP contribution is 2.66. The summed E-state index contributed by atoms with van der Waals surface area (Å²) in [5.74, 6) is 2.41. The highest BCUT2D eigenvalue weighted by Gasteiger charge is 2.61. The standard InChI is InChI=1S/C21H32O3/c1-20-9-7-15(23)11-14(20)3-5-16-17-6-4-13(8-10-22)21(17,2)12-18(24)19(16)20/h11,13,16-19,22,24H,3-10,12H2,1-2H3/t13-,16+,17+,18+,19-,20+,21-/m1/s1. The minimum atomic E-state index is -0.266. The third-order valence-corrected chi connectivity index (χ3v) is 8.57. The molecule has 4 rings (SSSR count). The lowest BCUT2D eigenvalue weighted by atomic mass is 9.46. The van der Waals surface area contributed by atoms with Gasteiger partial charge in [0.25, 0.3) is 0 Å². The van der Waals surface area contributed by atoms with Crippen molar-refractivity contribution in [3.8, 4) is 0 Å². The third-order valence-electron chi connectivity index (χ3n) is 8.57. The van der Waals surface area contributed by atoms with E-state index in [1.165, 1.54) is 18.4 Å². The smallest absolute Gasteiger partial charge is 0.155 e. The summed E-state index contributed by atoms with van der Waals surface area (Å²) in [6.45, 7) is 4.96. The number of aliphatic hydroxyl groups excluding tert-OH is 2. The number of hydrogen-bond donors (Lipinski definition) is 2. The van der Waals surface area contributed by atoms with E-state index < -0.39 is 0 Å². The van der Waals surface area contributed by atoms with E-state index in [1.54, 1.807) is 0 Å². The lowest BCUT2D eigenvalue weighted by Gasteiger charge is -2.60. The molecule has 0 aromatic carbocycles. The summed E-state index contributed by atoms with van der Waals surface area (Å²) in [6.07, 6.45) is 9.58. The first-order chi connectivity index (χ1) is 11.4. The van der Waals surface area contributed by atoms with Crippen molar-refractivity contribution in [3.05, 3.63) is 11.6 Å². The van der Waals surface area contributed by atoms with Gasteiger partial charge in [-0.3, -0.25) is 4.79 Å². The molecule has 0 aromatic heterocycles. The van der Waals surface area contributed by atoms with Crippen molar-refractivity contribution in [2.75, 3.05) is 6.61 Å². The number of carbonyl (C=O) groups excluding carboxylic acids is 1. The summed E-state index contributed by atoms with van der Waals surface area (Å²) in [5.41, 5.74) is 1.52. The fraction of sp³-hybridized carbons (Fsp3) is 0.857. The average molecular weight is 332 g/mol. The molecule has 24 heavy (non-hydrogen) atoms. The number of fused-ring (bicyclic) bond motifs is 5. The van der Waals surface area contributed by atoms with E-state index in [2.05, 4.69) is 13.8 Å². The summed E-state index contributed by atoms with van der Waals surface area (Å²) in [7, 11) is 0. The van der Waals surface area contributed by atoms with Crippen LogP contribution in [0.2, 0.25) is 0 Å². The van der Waals surface area contributed by atoms with Crippen LogP contribution in [-0.4, -0.2) is 28.7 Å². The molecule has 3 nitrogen and oxygen atoms in total. The Bertz CT molecular complexity index is 567. The predicted octanol–water partition coefficient (Wildman–Crippen LogP) is 3.49.